The lowest BCUT2D eigenvalue weighted by molar-refractivity contribution is 0.169. The first-order valence-electron chi connectivity index (χ1n) is 9.62. The third-order valence-corrected chi connectivity index (χ3v) is 5.69. The van der Waals surface area contributed by atoms with Crippen molar-refractivity contribution in [3.63, 3.8) is 0 Å². The molecular weight excluding hydrogens is 400 g/mol. The molecule has 0 saturated carbocycles. The molecule has 152 valence electrons. The minimum atomic E-state index is -0.758. The molecule has 0 aliphatic heterocycles. The highest BCUT2D eigenvalue weighted by Crippen LogP contribution is 2.24. The molecule has 4 rings (SSSR count). The molecule has 2 aromatic heterocycles. The monoisotopic (exact) mass is 420 g/mol. The second-order valence-corrected chi connectivity index (χ2v) is 7.82. The molecule has 0 amide bonds. The maximum absolute atomic E-state index is 12.7. The van der Waals surface area contributed by atoms with Crippen molar-refractivity contribution in [1.82, 2.24) is 8.97 Å². The maximum Gasteiger partial charge on any atom is 0.257 e. The summed E-state index contributed by atoms with van der Waals surface area (Å²) in [5.41, 5.74) is 4.65. The van der Waals surface area contributed by atoms with Gasteiger partial charge in [0.25, 0.3) is 5.56 Å². The number of pyridine rings is 1. The Labute approximate surface area is 178 Å². The predicted octanol–water partition coefficient (Wildman–Crippen LogP) is 3.87. The van der Waals surface area contributed by atoms with Crippen molar-refractivity contribution in [3.05, 3.63) is 80.6 Å². The van der Waals surface area contributed by atoms with Gasteiger partial charge in [0, 0.05) is 23.3 Å². The highest BCUT2D eigenvalue weighted by molar-refractivity contribution is 6.31. The highest BCUT2D eigenvalue weighted by atomic mass is 35.5. The summed E-state index contributed by atoms with van der Waals surface area (Å²) in [5, 5.41) is 24.3. The largest absolute Gasteiger partial charge is 0.389 e. The molecule has 2 heterocycles. The van der Waals surface area contributed by atoms with Gasteiger partial charge < -0.3 is 15.0 Å². The number of nitrogens with one attached hydrogen (secondary N) is 1. The minimum Gasteiger partial charge on any atom is -0.389 e. The Hall–Kier alpha value is -3.27. The van der Waals surface area contributed by atoms with Crippen LogP contribution in [0.25, 0.3) is 16.7 Å². The Morgan fingerprint density at radius 1 is 1.13 bits per heavy atom. The average molecular weight is 421 g/mol. The number of aryl methyl sites for hydroxylation is 2. The molecule has 0 bridgehead atoms. The van der Waals surface area contributed by atoms with Crippen LogP contribution in [0.1, 0.15) is 16.7 Å². The molecule has 6 nitrogen and oxygen atoms in total. The SMILES string of the molecule is Cc1ccc(NC[C@H](O)Cn2c3ccccc3n3c(=O)cc(C)c(C#N)c23)cc1Cl. The standard InChI is InChI=1S/C23H21ClN4O2/c1-14-7-8-16(10-19(14)24)26-12-17(29)13-27-20-5-3-4-6-21(20)28-22(30)9-15(2)18(11-25)23(27)28/h3-10,17,26,29H,12-13H2,1-2H3/t17-/m0/s1. The van der Waals surface area contributed by atoms with Crippen LogP contribution in [0.2, 0.25) is 5.02 Å². The second kappa shape index (κ2) is 7.86. The van der Waals surface area contributed by atoms with Crippen molar-refractivity contribution in [3.8, 4) is 6.07 Å². The number of rotatable bonds is 5. The molecule has 0 saturated heterocycles. The van der Waals surface area contributed by atoms with Crippen LogP contribution in [0.15, 0.2) is 53.3 Å². The van der Waals surface area contributed by atoms with Crippen LogP contribution in [0.3, 0.4) is 0 Å². The first-order chi connectivity index (χ1) is 14.4. The summed E-state index contributed by atoms with van der Waals surface area (Å²) in [7, 11) is 0. The van der Waals surface area contributed by atoms with E-state index in [1.807, 2.05) is 54.0 Å². The van der Waals surface area contributed by atoms with Crippen LogP contribution in [-0.4, -0.2) is 26.7 Å². The van der Waals surface area contributed by atoms with Gasteiger partial charge in [-0.2, -0.15) is 5.26 Å². The normalized spacial score (nSPS) is 12.2. The fourth-order valence-electron chi connectivity index (χ4n) is 3.74. The van der Waals surface area contributed by atoms with Gasteiger partial charge in [0.1, 0.15) is 11.7 Å². The van der Waals surface area contributed by atoms with E-state index in [2.05, 4.69) is 11.4 Å². The average Bonchev–Trinajstić information content (AvgIpc) is 3.04. The molecule has 0 spiro atoms. The van der Waals surface area contributed by atoms with E-state index in [9.17, 15) is 15.2 Å². The van der Waals surface area contributed by atoms with Gasteiger partial charge in [-0.15, -0.1) is 0 Å². The molecule has 0 aliphatic rings. The van der Waals surface area contributed by atoms with Crippen LogP contribution in [0.4, 0.5) is 5.69 Å². The molecule has 7 heteroatoms. The fraction of sp³-hybridized carbons (Fsp3) is 0.217. The highest BCUT2D eigenvalue weighted by Gasteiger charge is 2.19. The number of imidazole rings is 1. The number of hydrogen-bond donors (Lipinski definition) is 2. The van der Waals surface area contributed by atoms with E-state index in [0.29, 0.717) is 27.3 Å². The minimum absolute atomic E-state index is 0.196. The summed E-state index contributed by atoms with van der Waals surface area (Å²) in [5.74, 6) is 0. The van der Waals surface area contributed by atoms with Crippen molar-refractivity contribution in [2.24, 2.45) is 0 Å². The van der Waals surface area contributed by atoms with E-state index in [1.54, 1.807) is 11.3 Å². The van der Waals surface area contributed by atoms with Crippen molar-refractivity contribution in [2.45, 2.75) is 26.5 Å². The summed E-state index contributed by atoms with van der Waals surface area (Å²) in [6, 6.07) is 16.8. The van der Waals surface area contributed by atoms with Gasteiger partial charge in [-0.1, -0.05) is 29.8 Å². The number of anilines is 1. The molecule has 2 N–H and O–H groups in total. The van der Waals surface area contributed by atoms with E-state index in [-0.39, 0.29) is 18.6 Å². The smallest absolute Gasteiger partial charge is 0.257 e. The number of nitrogens with zero attached hydrogens (tertiary/aromatic N) is 3. The molecule has 30 heavy (non-hydrogen) atoms. The third-order valence-electron chi connectivity index (χ3n) is 5.28. The van der Waals surface area contributed by atoms with Crippen LogP contribution < -0.4 is 10.9 Å². The van der Waals surface area contributed by atoms with Gasteiger partial charge in [-0.25, -0.2) is 0 Å². The first-order valence-corrected chi connectivity index (χ1v) is 10.00. The lowest BCUT2D eigenvalue weighted by atomic mass is 10.1. The van der Waals surface area contributed by atoms with Crippen LogP contribution in [0.5, 0.6) is 0 Å². The zero-order chi connectivity index (χ0) is 21.4. The topological polar surface area (TPSA) is 82.5 Å². The van der Waals surface area contributed by atoms with E-state index >= 15 is 0 Å². The molecule has 0 aliphatic carbocycles. The van der Waals surface area contributed by atoms with Gasteiger partial charge in [0.05, 0.1) is 29.2 Å². The van der Waals surface area contributed by atoms with E-state index in [1.165, 1.54) is 6.07 Å². The maximum atomic E-state index is 12.7. The van der Waals surface area contributed by atoms with Crippen LogP contribution in [0, 0.1) is 25.2 Å². The van der Waals surface area contributed by atoms with Gasteiger partial charge in [-0.3, -0.25) is 9.20 Å². The molecule has 4 aromatic rings. The number of benzene rings is 2. The van der Waals surface area contributed by atoms with Crippen LogP contribution in [-0.2, 0) is 6.54 Å². The molecular formula is C23H21ClN4O2. The van der Waals surface area contributed by atoms with Gasteiger partial charge in [0.2, 0.25) is 0 Å². The summed E-state index contributed by atoms with van der Waals surface area (Å²) >= 11 is 6.17. The number of nitriles is 1. The summed E-state index contributed by atoms with van der Waals surface area (Å²) < 4.78 is 3.39. The number of hydrogen-bond acceptors (Lipinski definition) is 4. The Morgan fingerprint density at radius 3 is 2.57 bits per heavy atom. The summed E-state index contributed by atoms with van der Waals surface area (Å²) in [6.45, 7) is 4.19. The summed E-state index contributed by atoms with van der Waals surface area (Å²) in [4.78, 5) is 12.7. The molecule has 0 radical (unpaired) electrons. The number of halogens is 1. The van der Waals surface area contributed by atoms with Crippen LogP contribution >= 0.6 is 11.6 Å². The second-order valence-electron chi connectivity index (χ2n) is 7.41. The third kappa shape index (κ3) is 3.43. The van der Waals surface area contributed by atoms with Crippen molar-refractivity contribution in [2.75, 3.05) is 11.9 Å². The van der Waals surface area contributed by atoms with Gasteiger partial charge in [-0.05, 0) is 49.2 Å². The van der Waals surface area contributed by atoms with Gasteiger partial charge in [0.15, 0.2) is 0 Å². The van der Waals surface area contributed by atoms with Crippen molar-refractivity contribution >= 4 is 34.0 Å². The Morgan fingerprint density at radius 2 is 1.87 bits per heavy atom. The zero-order valence-electron chi connectivity index (χ0n) is 16.7. The fourth-order valence-corrected chi connectivity index (χ4v) is 3.92. The molecule has 2 aromatic carbocycles. The van der Waals surface area contributed by atoms with Crippen molar-refractivity contribution in [1.29, 1.82) is 5.26 Å². The lowest BCUT2D eigenvalue weighted by Gasteiger charge is -2.16. The number of para-hydroxylation sites is 2. The Balaban J connectivity index is 1.73. The Bertz CT molecular complexity index is 1360. The number of aliphatic hydroxyl groups excluding tert-OH is 1. The predicted molar refractivity (Wildman–Crippen MR) is 119 cm³/mol. The molecule has 0 unspecified atom stereocenters. The molecule has 1 atom stereocenters. The Kier molecular flexibility index (Phi) is 5.25. The number of aromatic nitrogens is 2. The van der Waals surface area contributed by atoms with Gasteiger partial charge >= 0.3 is 0 Å². The van der Waals surface area contributed by atoms with E-state index in [0.717, 1.165) is 16.8 Å². The lowest BCUT2D eigenvalue weighted by Crippen LogP contribution is -2.25. The first kappa shape index (κ1) is 20.0. The summed E-state index contributed by atoms with van der Waals surface area (Å²) in [6.07, 6.45) is -0.758. The van der Waals surface area contributed by atoms with E-state index < -0.39 is 6.10 Å². The number of fused-ring (bicyclic) bond motifs is 3. The quantitative estimate of drug-likeness (QED) is 0.513. The van der Waals surface area contributed by atoms with Crippen molar-refractivity contribution < 1.29 is 5.11 Å². The van der Waals surface area contributed by atoms with E-state index in [4.69, 9.17) is 11.6 Å². The number of aliphatic hydroxyl groups is 1. The molecule has 0 fully saturated rings. The zero-order valence-corrected chi connectivity index (χ0v) is 17.4.